The molecule has 3 aromatic rings. The molecule has 150 valence electrons. The molecule has 1 N–H and O–H groups in total. The minimum absolute atomic E-state index is 0.192. The highest BCUT2D eigenvalue weighted by Crippen LogP contribution is 2.24. The van der Waals surface area contributed by atoms with E-state index in [0.29, 0.717) is 12.3 Å². The molecule has 0 aliphatic carbocycles. The normalized spacial score (nSPS) is 11.5. The number of carbonyl (C=O) groups is 2. The number of methoxy groups -OCH3 is 1. The molecule has 6 heteroatoms. The highest BCUT2D eigenvalue weighted by atomic mass is 16.5. The van der Waals surface area contributed by atoms with Gasteiger partial charge in [0.05, 0.1) is 19.9 Å². The zero-order valence-electron chi connectivity index (χ0n) is 16.5. The molecule has 0 radical (unpaired) electrons. The number of nitrogens with zero attached hydrogens (tertiary/aromatic N) is 1. The molecule has 6 nitrogen and oxygen atoms in total. The highest BCUT2D eigenvalue weighted by Gasteiger charge is 2.29. The topological polar surface area (TPSA) is 71.8 Å². The zero-order valence-corrected chi connectivity index (χ0v) is 16.5. The average Bonchev–Trinajstić information content (AvgIpc) is 3.26. The average molecular weight is 392 g/mol. The third-order valence-electron chi connectivity index (χ3n) is 4.61. The van der Waals surface area contributed by atoms with Gasteiger partial charge in [-0.05, 0) is 35.4 Å². The Labute approximate surface area is 170 Å². The Morgan fingerprint density at radius 2 is 1.76 bits per heavy atom. The quantitative estimate of drug-likeness (QED) is 0.635. The minimum atomic E-state index is -0.759. The summed E-state index contributed by atoms with van der Waals surface area (Å²) >= 11 is 0. The molecule has 3 rings (SSSR count). The van der Waals surface area contributed by atoms with Crippen molar-refractivity contribution in [2.45, 2.75) is 26.1 Å². The fourth-order valence-electron chi connectivity index (χ4n) is 3.10. The molecule has 1 atom stereocenters. The number of ether oxygens (including phenoxy) is 1. The van der Waals surface area contributed by atoms with Crippen molar-refractivity contribution in [3.8, 4) is 5.75 Å². The maximum atomic E-state index is 13.1. The molecule has 0 bridgehead atoms. The molecule has 1 aromatic heterocycles. The van der Waals surface area contributed by atoms with Crippen molar-refractivity contribution >= 4 is 11.8 Å². The Morgan fingerprint density at radius 1 is 1.03 bits per heavy atom. The Kier molecular flexibility index (Phi) is 6.68. The molecular formula is C23H24N2O4. The summed E-state index contributed by atoms with van der Waals surface area (Å²) in [5.41, 5.74) is 1.65. The summed E-state index contributed by atoms with van der Waals surface area (Å²) in [4.78, 5) is 27.2. The lowest BCUT2D eigenvalue weighted by Gasteiger charge is -2.30. The van der Waals surface area contributed by atoms with Crippen LogP contribution in [-0.4, -0.2) is 23.8 Å². The van der Waals surface area contributed by atoms with Crippen molar-refractivity contribution < 1.29 is 18.7 Å². The minimum Gasteiger partial charge on any atom is -0.497 e. The van der Waals surface area contributed by atoms with Crippen LogP contribution in [0.15, 0.2) is 77.4 Å². The third-order valence-corrected chi connectivity index (χ3v) is 4.61. The first kappa shape index (κ1) is 20.2. The van der Waals surface area contributed by atoms with Gasteiger partial charge in [0, 0.05) is 13.5 Å². The van der Waals surface area contributed by atoms with Crippen LogP contribution < -0.4 is 10.1 Å². The summed E-state index contributed by atoms with van der Waals surface area (Å²) in [5.74, 6) is 0.924. The lowest BCUT2D eigenvalue weighted by atomic mass is 10.0. The van der Waals surface area contributed by atoms with Crippen molar-refractivity contribution in [1.82, 2.24) is 10.2 Å². The van der Waals surface area contributed by atoms with Crippen LogP contribution in [0.2, 0.25) is 0 Å². The van der Waals surface area contributed by atoms with Crippen LogP contribution in [0.25, 0.3) is 0 Å². The lowest BCUT2D eigenvalue weighted by Crippen LogP contribution is -2.42. The van der Waals surface area contributed by atoms with Crippen LogP contribution in [-0.2, 0) is 22.7 Å². The maximum Gasteiger partial charge on any atom is 0.247 e. The number of amides is 2. The SMILES string of the molecule is COc1ccc(CN(C(C)=O)[C@H](C(=O)NCc2ccco2)c2ccccc2)cc1. The largest absolute Gasteiger partial charge is 0.497 e. The number of hydrogen-bond donors (Lipinski definition) is 1. The first-order valence-electron chi connectivity index (χ1n) is 9.33. The predicted octanol–water partition coefficient (Wildman–Crippen LogP) is 3.69. The molecule has 0 spiro atoms. The molecule has 29 heavy (non-hydrogen) atoms. The van der Waals surface area contributed by atoms with E-state index in [9.17, 15) is 9.59 Å². The van der Waals surface area contributed by atoms with Gasteiger partial charge in [-0.1, -0.05) is 42.5 Å². The van der Waals surface area contributed by atoms with E-state index in [0.717, 1.165) is 16.9 Å². The Balaban J connectivity index is 1.86. The van der Waals surface area contributed by atoms with Crippen molar-refractivity contribution in [1.29, 1.82) is 0 Å². The number of nitrogens with one attached hydrogen (secondary N) is 1. The van der Waals surface area contributed by atoms with Gasteiger partial charge in [-0.15, -0.1) is 0 Å². The van der Waals surface area contributed by atoms with E-state index < -0.39 is 6.04 Å². The number of benzene rings is 2. The number of furan rings is 1. The Morgan fingerprint density at radius 3 is 2.34 bits per heavy atom. The van der Waals surface area contributed by atoms with E-state index in [-0.39, 0.29) is 18.4 Å². The van der Waals surface area contributed by atoms with Gasteiger partial charge in [0.1, 0.15) is 17.6 Å². The second-order valence-electron chi connectivity index (χ2n) is 6.61. The predicted molar refractivity (Wildman–Crippen MR) is 109 cm³/mol. The monoisotopic (exact) mass is 392 g/mol. The van der Waals surface area contributed by atoms with Gasteiger partial charge in [0.2, 0.25) is 11.8 Å². The third kappa shape index (κ3) is 5.25. The van der Waals surface area contributed by atoms with E-state index in [1.165, 1.54) is 6.92 Å². The molecular weight excluding hydrogens is 368 g/mol. The summed E-state index contributed by atoms with van der Waals surface area (Å²) in [5, 5.41) is 2.88. The number of hydrogen-bond acceptors (Lipinski definition) is 4. The Hall–Kier alpha value is -3.54. The van der Waals surface area contributed by atoms with Crippen LogP contribution in [0.4, 0.5) is 0 Å². The van der Waals surface area contributed by atoms with Gasteiger partial charge in [0.25, 0.3) is 0 Å². The highest BCUT2D eigenvalue weighted by molar-refractivity contribution is 5.88. The molecule has 0 aliphatic heterocycles. The molecule has 0 saturated heterocycles. The van der Waals surface area contributed by atoms with Crippen LogP contribution in [0, 0.1) is 0 Å². The molecule has 0 saturated carbocycles. The molecule has 1 heterocycles. The summed E-state index contributed by atoms with van der Waals surface area (Å²) < 4.78 is 10.5. The van der Waals surface area contributed by atoms with Gasteiger partial charge >= 0.3 is 0 Å². The van der Waals surface area contributed by atoms with E-state index in [4.69, 9.17) is 9.15 Å². The summed E-state index contributed by atoms with van der Waals surface area (Å²) in [6, 6.07) is 19.5. The number of carbonyl (C=O) groups excluding carboxylic acids is 2. The van der Waals surface area contributed by atoms with E-state index >= 15 is 0 Å². The summed E-state index contributed by atoms with van der Waals surface area (Å²) in [6.07, 6.45) is 1.56. The van der Waals surface area contributed by atoms with Crippen LogP contribution in [0.1, 0.15) is 29.9 Å². The van der Waals surface area contributed by atoms with Gasteiger partial charge in [0.15, 0.2) is 0 Å². The fraction of sp³-hybridized carbons (Fsp3) is 0.217. The van der Waals surface area contributed by atoms with Crippen molar-refractivity contribution in [3.05, 3.63) is 89.9 Å². The summed E-state index contributed by atoms with van der Waals surface area (Å²) in [6.45, 7) is 2.02. The standard InChI is InChI=1S/C23H24N2O4/c1-17(26)25(16-18-10-12-20(28-2)13-11-18)22(19-7-4-3-5-8-19)23(27)24-15-21-9-6-14-29-21/h3-14,22H,15-16H2,1-2H3,(H,24,27)/t22-/m0/s1. The Bertz CT molecular complexity index is 921. The first-order chi connectivity index (χ1) is 14.1. The van der Waals surface area contributed by atoms with E-state index in [1.807, 2.05) is 54.6 Å². The summed E-state index contributed by atoms with van der Waals surface area (Å²) in [7, 11) is 1.60. The second-order valence-corrected chi connectivity index (χ2v) is 6.61. The van der Waals surface area contributed by atoms with E-state index in [1.54, 1.807) is 30.4 Å². The fourth-order valence-corrected chi connectivity index (χ4v) is 3.10. The van der Waals surface area contributed by atoms with E-state index in [2.05, 4.69) is 5.32 Å². The van der Waals surface area contributed by atoms with Gasteiger partial charge < -0.3 is 19.4 Å². The van der Waals surface area contributed by atoms with Crippen molar-refractivity contribution in [3.63, 3.8) is 0 Å². The van der Waals surface area contributed by atoms with Gasteiger partial charge in [-0.3, -0.25) is 9.59 Å². The lowest BCUT2D eigenvalue weighted by molar-refractivity contribution is -0.140. The van der Waals surface area contributed by atoms with Crippen LogP contribution in [0.3, 0.4) is 0 Å². The van der Waals surface area contributed by atoms with Crippen molar-refractivity contribution in [2.75, 3.05) is 7.11 Å². The van der Waals surface area contributed by atoms with Crippen molar-refractivity contribution in [2.24, 2.45) is 0 Å². The second kappa shape index (κ2) is 9.59. The maximum absolute atomic E-state index is 13.1. The molecule has 0 fully saturated rings. The smallest absolute Gasteiger partial charge is 0.247 e. The van der Waals surface area contributed by atoms with Gasteiger partial charge in [-0.25, -0.2) is 0 Å². The molecule has 2 aromatic carbocycles. The van der Waals surface area contributed by atoms with Gasteiger partial charge in [-0.2, -0.15) is 0 Å². The molecule has 0 unspecified atom stereocenters. The van der Waals surface area contributed by atoms with Crippen LogP contribution in [0.5, 0.6) is 5.75 Å². The number of rotatable bonds is 8. The zero-order chi connectivity index (χ0) is 20.6. The molecule has 0 aliphatic rings. The first-order valence-corrected chi connectivity index (χ1v) is 9.33. The molecule has 2 amide bonds. The van der Waals surface area contributed by atoms with Crippen LogP contribution >= 0.6 is 0 Å².